The fourth-order valence-corrected chi connectivity index (χ4v) is 3.96. The number of halogens is 2. The summed E-state index contributed by atoms with van der Waals surface area (Å²) >= 11 is 0. The molecule has 2 atom stereocenters. The maximum Gasteiger partial charge on any atom is 0.411 e. The van der Waals surface area contributed by atoms with Gasteiger partial charge in [0.2, 0.25) is 0 Å². The molecule has 0 spiro atoms. The summed E-state index contributed by atoms with van der Waals surface area (Å²) < 4.78 is 39.3. The second-order valence-electron chi connectivity index (χ2n) is 7.58. The van der Waals surface area contributed by atoms with Crippen molar-refractivity contribution in [2.45, 2.75) is 38.5 Å². The Morgan fingerprint density at radius 2 is 1.93 bits per heavy atom. The number of hydrogen-bond acceptors (Lipinski definition) is 3. The summed E-state index contributed by atoms with van der Waals surface area (Å²) in [5.41, 5.74) is 2.53. The van der Waals surface area contributed by atoms with E-state index in [1.54, 1.807) is 24.0 Å². The van der Waals surface area contributed by atoms with E-state index >= 15 is 0 Å². The number of rotatable bonds is 4. The predicted octanol–water partition coefficient (Wildman–Crippen LogP) is 4.55. The number of hydrogen-bond donors (Lipinski definition) is 0. The summed E-state index contributed by atoms with van der Waals surface area (Å²) in [6.45, 7) is 2.52. The van der Waals surface area contributed by atoms with Crippen LogP contribution in [0.2, 0.25) is 0 Å². The molecule has 6 heteroatoms. The van der Waals surface area contributed by atoms with Gasteiger partial charge in [0, 0.05) is 0 Å². The molecule has 0 saturated carbocycles. The summed E-state index contributed by atoms with van der Waals surface area (Å²) in [7, 11) is 0. The van der Waals surface area contributed by atoms with Gasteiger partial charge in [-0.3, -0.25) is 4.90 Å². The highest BCUT2D eigenvalue weighted by Crippen LogP contribution is 2.30. The van der Waals surface area contributed by atoms with E-state index in [1.807, 2.05) is 36.4 Å². The Balaban J connectivity index is 1.47. The Morgan fingerprint density at radius 3 is 2.69 bits per heavy atom. The molecule has 1 fully saturated rings. The highest BCUT2D eigenvalue weighted by Gasteiger charge is 2.38. The van der Waals surface area contributed by atoms with E-state index in [2.05, 4.69) is 0 Å². The van der Waals surface area contributed by atoms with Crippen LogP contribution in [0.5, 0.6) is 0 Å². The highest BCUT2D eigenvalue weighted by atomic mass is 19.2. The van der Waals surface area contributed by atoms with Crippen LogP contribution in [0.4, 0.5) is 13.6 Å². The van der Waals surface area contributed by atoms with E-state index in [9.17, 15) is 13.6 Å². The number of carbonyl (C=O) groups excluding carboxylic acids is 1. The number of morpholine rings is 1. The lowest BCUT2D eigenvalue weighted by Gasteiger charge is -2.43. The molecule has 2 aromatic carbocycles. The molecule has 4 nitrogen and oxygen atoms in total. The number of fused-ring (bicyclic) bond motifs is 2. The minimum atomic E-state index is -0.798. The molecule has 2 bridgehead atoms. The van der Waals surface area contributed by atoms with Crippen molar-refractivity contribution in [1.29, 1.82) is 0 Å². The normalized spacial score (nSPS) is 20.9. The minimum Gasteiger partial charge on any atom is -0.445 e. The van der Waals surface area contributed by atoms with Crippen molar-refractivity contribution in [1.82, 2.24) is 4.90 Å². The summed E-state index contributed by atoms with van der Waals surface area (Å²) in [5, 5.41) is 0. The van der Waals surface area contributed by atoms with E-state index in [4.69, 9.17) is 9.47 Å². The van der Waals surface area contributed by atoms with Crippen molar-refractivity contribution in [3.05, 3.63) is 82.4 Å². The van der Waals surface area contributed by atoms with Crippen molar-refractivity contribution in [2.75, 3.05) is 13.2 Å². The van der Waals surface area contributed by atoms with Gasteiger partial charge in [-0.15, -0.1) is 0 Å². The summed E-state index contributed by atoms with van der Waals surface area (Å²) in [5.74, 6) is -1.59. The van der Waals surface area contributed by atoms with Crippen molar-refractivity contribution >= 4 is 6.09 Å². The van der Waals surface area contributed by atoms with Gasteiger partial charge in [0.15, 0.2) is 11.6 Å². The summed E-state index contributed by atoms with van der Waals surface area (Å²) in [6.07, 6.45) is 2.42. The van der Waals surface area contributed by atoms with Gasteiger partial charge >= 0.3 is 6.09 Å². The Labute approximate surface area is 168 Å². The van der Waals surface area contributed by atoms with Crippen molar-refractivity contribution in [2.24, 2.45) is 0 Å². The second-order valence-corrected chi connectivity index (χ2v) is 7.58. The third-order valence-corrected chi connectivity index (χ3v) is 5.46. The van der Waals surface area contributed by atoms with Crippen LogP contribution in [0.25, 0.3) is 0 Å². The standard InChI is InChI=1S/C23H23F2NO3/c1-15-7-8-18(22(25)21(15)24)9-17-10-19-13-28-14-20(11-17)26(19)23(27)29-12-16-5-3-2-4-6-16/h2-8,10,19-20H,9,11-14H2,1H3. The number of amides is 1. The van der Waals surface area contributed by atoms with Crippen molar-refractivity contribution in [3.63, 3.8) is 0 Å². The SMILES string of the molecule is Cc1ccc(CC2=CC3COCC(C2)N3C(=O)OCc2ccccc2)c(F)c1F. The fraction of sp³-hybridized carbons (Fsp3) is 0.348. The number of carbonyl (C=O) groups is 1. The largest absolute Gasteiger partial charge is 0.445 e. The first kappa shape index (κ1) is 19.6. The number of benzene rings is 2. The number of nitrogens with zero attached hydrogens (tertiary/aromatic N) is 1. The minimum absolute atomic E-state index is 0.171. The third kappa shape index (κ3) is 4.17. The quantitative estimate of drug-likeness (QED) is 0.708. The monoisotopic (exact) mass is 399 g/mol. The summed E-state index contributed by atoms with van der Waals surface area (Å²) in [4.78, 5) is 14.4. The molecule has 4 rings (SSSR count). The van der Waals surface area contributed by atoms with Gasteiger partial charge in [-0.25, -0.2) is 13.6 Å². The molecule has 29 heavy (non-hydrogen) atoms. The van der Waals surface area contributed by atoms with E-state index in [0.29, 0.717) is 37.2 Å². The molecular formula is C23H23F2NO3. The van der Waals surface area contributed by atoms with Gasteiger partial charge < -0.3 is 9.47 Å². The van der Waals surface area contributed by atoms with Crippen LogP contribution in [0.1, 0.15) is 23.1 Å². The molecule has 1 saturated heterocycles. The van der Waals surface area contributed by atoms with E-state index in [1.165, 1.54) is 0 Å². The van der Waals surface area contributed by atoms with Gasteiger partial charge in [0.1, 0.15) is 6.61 Å². The summed E-state index contributed by atoms with van der Waals surface area (Å²) in [6, 6.07) is 12.3. The van der Waals surface area contributed by atoms with E-state index < -0.39 is 11.6 Å². The van der Waals surface area contributed by atoms with Gasteiger partial charge in [-0.2, -0.15) is 0 Å². The van der Waals surface area contributed by atoms with Crippen LogP contribution in [-0.4, -0.2) is 36.3 Å². The van der Waals surface area contributed by atoms with E-state index in [0.717, 1.165) is 11.1 Å². The lowest BCUT2D eigenvalue weighted by Crippen LogP contribution is -2.56. The Kier molecular flexibility index (Phi) is 5.62. The van der Waals surface area contributed by atoms with Crippen molar-refractivity contribution in [3.8, 4) is 0 Å². The molecule has 0 aromatic heterocycles. The molecule has 2 aliphatic heterocycles. The van der Waals surface area contributed by atoms with Gasteiger partial charge in [0.05, 0.1) is 25.3 Å². The molecule has 152 valence electrons. The molecule has 0 aliphatic carbocycles. The average Bonchev–Trinajstić information content (AvgIpc) is 2.72. The van der Waals surface area contributed by atoms with Gasteiger partial charge in [-0.1, -0.05) is 54.1 Å². The van der Waals surface area contributed by atoms with Crippen LogP contribution in [-0.2, 0) is 22.5 Å². The second kappa shape index (κ2) is 8.33. The Morgan fingerprint density at radius 1 is 1.14 bits per heavy atom. The molecule has 0 N–H and O–H groups in total. The zero-order valence-corrected chi connectivity index (χ0v) is 16.2. The molecule has 2 unspecified atom stereocenters. The topological polar surface area (TPSA) is 38.8 Å². The third-order valence-electron chi connectivity index (χ3n) is 5.46. The smallest absolute Gasteiger partial charge is 0.411 e. The molecule has 2 aliphatic rings. The number of aryl methyl sites for hydroxylation is 1. The Bertz CT molecular complexity index is 929. The van der Waals surface area contributed by atoms with Crippen LogP contribution < -0.4 is 0 Å². The number of ether oxygens (including phenoxy) is 2. The highest BCUT2D eigenvalue weighted by molar-refractivity contribution is 5.69. The zero-order chi connectivity index (χ0) is 20.4. The van der Waals surface area contributed by atoms with Gasteiger partial charge in [0.25, 0.3) is 0 Å². The van der Waals surface area contributed by atoms with E-state index in [-0.39, 0.29) is 24.8 Å². The maximum atomic E-state index is 14.3. The van der Waals surface area contributed by atoms with Crippen LogP contribution in [0, 0.1) is 18.6 Å². The predicted molar refractivity (Wildman–Crippen MR) is 104 cm³/mol. The van der Waals surface area contributed by atoms with Gasteiger partial charge in [-0.05, 0) is 36.5 Å². The first-order valence-electron chi connectivity index (χ1n) is 9.72. The van der Waals surface area contributed by atoms with Crippen LogP contribution in [0.15, 0.2) is 54.1 Å². The maximum absolute atomic E-state index is 14.3. The lowest BCUT2D eigenvalue weighted by molar-refractivity contribution is -0.0374. The Hall–Kier alpha value is -2.73. The van der Waals surface area contributed by atoms with Crippen molar-refractivity contribution < 1.29 is 23.0 Å². The molecular weight excluding hydrogens is 376 g/mol. The molecule has 1 amide bonds. The molecule has 0 radical (unpaired) electrons. The molecule has 2 aromatic rings. The van der Waals surface area contributed by atoms with Crippen LogP contribution in [0.3, 0.4) is 0 Å². The average molecular weight is 399 g/mol. The molecule has 2 heterocycles. The zero-order valence-electron chi connectivity index (χ0n) is 16.2. The van der Waals surface area contributed by atoms with Crippen LogP contribution >= 0.6 is 0 Å². The fourth-order valence-electron chi connectivity index (χ4n) is 3.96. The lowest BCUT2D eigenvalue weighted by atomic mass is 9.90. The first-order chi connectivity index (χ1) is 14.0. The first-order valence-corrected chi connectivity index (χ1v) is 9.72.